The van der Waals surface area contributed by atoms with Gasteiger partial charge in [-0.1, -0.05) is 13.8 Å². The molecule has 1 amide bonds. The van der Waals surface area contributed by atoms with Crippen LogP contribution in [0.5, 0.6) is 0 Å². The lowest BCUT2D eigenvalue weighted by Gasteiger charge is -2.34. The summed E-state index contributed by atoms with van der Waals surface area (Å²) in [4.78, 5) is 14.5. The number of rotatable bonds is 4. The predicted molar refractivity (Wildman–Crippen MR) is 71.6 cm³/mol. The Morgan fingerprint density at radius 1 is 1.18 bits per heavy atom. The van der Waals surface area contributed by atoms with Gasteiger partial charge >= 0.3 is 0 Å². The van der Waals surface area contributed by atoms with E-state index in [0.29, 0.717) is 23.9 Å². The molecule has 0 atom stereocenters. The average Bonchev–Trinajstić information content (AvgIpc) is 2.25. The lowest BCUT2D eigenvalue weighted by atomic mass is 9.85. The highest BCUT2D eigenvalue weighted by Gasteiger charge is 2.29. The van der Waals surface area contributed by atoms with Crippen LogP contribution in [0.25, 0.3) is 0 Å². The van der Waals surface area contributed by atoms with Crippen LogP contribution in [0.3, 0.4) is 0 Å². The zero-order valence-electron chi connectivity index (χ0n) is 11.8. The van der Waals surface area contributed by atoms with E-state index >= 15 is 0 Å². The molecule has 1 fully saturated rings. The number of nitrogens with two attached hydrogens (primary N) is 1. The Kier molecular flexibility index (Phi) is 5.44. The molecular formula is C14H28N2O. The summed E-state index contributed by atoms with van der Waals surface area (Å²) in [6.45, 7) is 9.42. The minimum absolute atomic E-state index is 0.218. The molecular weight excluding hydrogens is 212 g/mol. The van der Waals surface area contributed by atoms with Crippen molar-refractivity contribution >= 4 is 5.91 Å². The summed E-state index contributed by atoms with van der Waals surface area (Å²) in [6, 6.07) is 0.622. The van der Waals surface area contributed by atoms with E-state index in [0.717, 1.165) is 32.2 Å². The number of hydrogen-bond donors (Lipinski definition) is 1. The molecule has 0 heterocycles. The lowest BCUT2D eigenvalue weighted by Crippen LogP contribution is -2.44. The van der Waals surface area contributed by atoms with Crippen molar-refractivity contribution in [2.45, 2.75) is 65.5 Å². The third-order valence-electron chi connectivity index (χ3n) is 3.59. The highest BCUT2D eigenvalue weighted by molar-refractivity contribution is 5.79. The van der Waals surface area contributed by atoms with E-state index in [1.807, 2.05) is 4.90 Å². The molecule has 0 aromatic rings. The van der Waals surface area contributed by atoms with E-state index in [4.69, 9.17) is 5.73 Å². The van der Waals surface area contributed by atoms with E-state index in [1.54, 1.807) is 0 Å². The van der Waals surface area contributed by atoms with Crippen LogP contribution in [0.4, 0.5) is 0 Å². The smallest absolute Gasteiger partial charge is 0.225 e. The van der Waals surface area contributed by atoms with Gasteiger partial charge in [-0.25, -0.2) is 0 Å². The molecule has 1 rings (SSSR count). The summed E-state index contributed by atoms with van der Waals surface area (Å²) >= 11 is 0. The number of carbonyl (C=O) groups excluding carboxylic acids is 1. The van der Waals surface area contributed by atoms with Gasteiger partial charge in [0.2, 0.25) is 5.91 Å². The van der Waals surface area contributed by atoms with Crippen molar-refractivity contribution < 1.29 is 4.79 Å². The second-order valence-electron chi connectivity index (χ2n) is 6.09. The van der Waals surface area contributed by atoms with Crippen LogP contribution in [0.15, 0.2) is 0 Å². The summed E-state index contributed by atoms with van der Waals surface area (Å²) < 4.78 is 0. The van der Waals surface area contributed by atoms with Crippen molar-refractivity contribution in [1.82, 2.24) is 4.90 Å². The first kappa shape index (κ1) is 14.5. The minimum Gasteiger partial charge on any atom is -0.340 e. The van der Waals surface area contributed by atoms with Gasteiger partial charge in [-0.2, -0.15) is 0 Å². The first-order valence-electron chi connectivity index (χ1n) is 6.97. The van der Waals surface area contributed by atoms with Crippen LogP contribution in [0.1, 0.15) is 53.4 Å². The highest BCUT2D eigenvalue weighted by Crippen LogP contribution is 2.26. The van der Waals surface area contributed by atoms with Gasteiger partial charge in [-0.15, -0.1) is 0 Å². The standard InChI is InChI=1S/C14H28N2O/c1-10(2)9-16(11(3)4)14(17)12-5-7-13(15)8-6-12/h10-13H,5-9,15H2,1-4H3. The van der Waals surface area contributed by atoms with Gasteiger partial charge < -0.3 is 10.6 Å². The summed E-state index contributed by atoms with van der Waals surface area (Å²) in [6.07, 6.45) is 3.96. The fourth-order valence-corrected chi connectivity index (χ4v) is 2.55. The summed E-state index contributed by atoms with van der Waals surface area (Å²) in [5.41, 5.74) is 5.89. The molecule has 0 radical (unpaired) electrons. The van der Waals surface area contributed by atoms with E-state index in [1.165, 1.54) is 0 Å². The molecule has 0 saturated heterocycles. The molecule has 0 unspecified atom stereocenters. The van der Waals surface area contributed by atoms with E-state index in [2.05, 4.69) is 27.7 Å². The quantitative estimate of drug-likeness (QED) is 0.820. The summed E-state index contributed by atoms with van der Waals surface area (Å²) in [5.74, 6) is 1.10. The summed E-state index contributed by atoms with van der Waals surface area (Å²) in [7, 11) is 0. The molecule has 0 bridgehead atoms. The Bertz CT molecular complexity index is 243. The van der Waals surface area contributed by atoms with Crippen molar-refractivity contribution in [3.05, 3.63) is 0 Å². The molecule has 3 nitrogen and oxygen atoms in total. The van der Waals surface area contributed by atoms with Crippen LogP contribution < -0.4 is 5.73 Å². The van der Waals surface area contributed by atoms with Gasteiger partial charge in [0.15, 0.2) is 0 Å². The maximum absolute atomic E-state index is 12.5. The lowest BCUT2D eigenvalue weighted by molar-refractivity contribution is -0.139. The molecule has 100 valence electrons. The number of amides is 1. The van der Waals surface area contributed by atoms with E-state index in [9.17, 15) is 4.79 Å². The Hall–Kier alpha value is -0.570. The molecule has 1 saturated carbocycles. The van der Waals surface area contributed by atoms with Gasteiger partial charge in [0.1, 0.15) is 0 Å². The largest absolute Gasteiger partial charge is 0.340 e. The van der Waals surface area contributed by atoms with Gasteiger partial charge in [-0.3, -0.25) is 4.79 Å². The second kappa shape index (κ2) is 6.39. The molecule has 2 N–H and O–H groups in total. The van der Waals surface area contributed by atoms with Crippen molar-refractivity contribution in [2.24, 2.45) is 17.6 Å². The van der Waals surface area contributed by atoms with Gasteiger partial charge in [0.25, 0.3) is 0 Å². The zero-order chi connectivity index (χ0) is 13.0. The molecule has 0 spiro atoms. The third-order valence-corrected chi connectivity index (χ3v) is 3.59. The number of nitrogens with zero attached hydrogens (tertiary/aromatic N) is 1. The zero-order valence-corrected chi connectivity index (χ0v) is 11.8. The first-order valence-corrected chi connectivity index (χ1v) is 6.97. The van der Waals surface area contributed by atoms with E-state index < -0.39 is 0 Å². The second-order valence-corrected chi connectivity index (χ2v) is 6.09. The Balaban J connectivity index is 2.58. The van der Waals surface area contributed by atoms with Crippen molar-refractivity contribution in [3.63, 3.8) is 0 Å². The van der Waals surface area contributed by atoms with Crippen LogP contribution in [-0.4, -0.2) is 29.4 Å². The first-order chi connectivity index (χ1) is 7.91. The Morgan fingerprint density at radius 3 is 2.12 bits per heavy atom. The monoisotopic (exact) mass is 240 g/mol. The number of carbonyl (C=O) groups is 1. The SMILES string of the molecule is CC(C)CN(C(=O)C1CCC(N)CC1)C(C)C. The molecule has 17 heavy (non-hydrogen) atoms. The molecule has 0 aromatic heterocycles. The molecule has 0 aromatic carbocycles. The van der Waals surface area contributed by atoms with Crippen LogP contribution in [0, 0.1) is 11.8 Å². The van der Waals surface area contributed by atoms with E-state index in [-0.39, 0.29) is 5.92 Å². The van der Waals surface area contributed by atoms with Crippen molar-refractivity contribution in [1.29, 1.82) is 0 Å². The van der Waals surface area contributed by atoms with Gasteiger partial charge in [0.05, 0.1) is 0 Å². The highest BCUT2D eigenvalue weighted by atomic mass is 16.2. The fraction of sp³-hybridized carbons (Fsp3) is 0.929. The molecule has 1 aliphatic rings. The van der Waals surface area contributed by atoms with Gasteiger partial charge in [0, 0.05) is 24.5 Å². The maximum Gasteiger partial charge on any atom is 0.225 e. The van der Waals surface area contributed by atoms with Crippen molar-refractivity contribution in [3.8, 4) is 0 Å². The number of hydrogen-bond acceptors (Lipinski definition) is 2. The molecule has 1 aliphatic carbocycles. The molecule has 0 aliphatic heterocycles. The van der Waals surface area contributed by atoms with Crippen LogP contribution in [0.2, 0.25) is 0 Å². The average molecular weight is 240 g/mol. The molecule has 3 heteroatoms. The fourth-order valence-electron chi connectivity index (χ4n) is 2.55. The van der Waals surface area contributed by atoms with Gasteiger partial charge in [-0.05, 0) is 45.4 Å². The normalized spacial score (nSPS) is 25.4. The van der Waals surface area contributed by atoms with Crippen LogP contribution >= 0.6 is 0 Å². The minimum atomic E-state index is 0.218. The Labute approximate surface area is 106 Å². The predicted octanol–water partition coefficient (Wildman–Crippen LogP) is 2.40. The topological polar surface area (TPSA) is 46.3 Å². The summed E-state index contributed by atoms with van der Waals surface area (Å²) in [5, 5.41) is 0. The third kappa shape index (κ3) is 4.30. The maximum atomic E-state index is 12.5. The van der Waals surface area contributed by atoms with Crippen molar-refractivity contribution in [2.75, 3.05) is 6.54 Å². The van der Waals surface area contributed by atoms with Crippen LogP contribution in [-0.2, 0) is 4.79 Å². The Morgan fingerprint density at radius 2 is 1.71 bits per heavy atom.